The molecule has 0 spiro atoms. The molecule has 1 aromatic carbocycles. The van der Waals surface area contributed by atoms with Gasteiger partial charge in [0, 0.05) is 24.7 Å². The molecule has 20 heavy (non-hydrogen) atoms. The lowest BCUT2D eigenvalue weighted by molar-refractivity contribution is -0.0623. The Bertz CT molecular complexity index is 442. The molecule has 112 valence electrons. The summed E-state index contributed by atoms with van der Waals surface area (Å²) >= 11 is 0. The molecular formula is C15H22F2N2O. The van der Waals surface area contributed by atoms with Crippen LogP contribution in [0.5, 0.6) is 0 Å². The normalized spacial score (nSPS) is 24.0. The van der Waals surface area contributed by atoms with E-state index in [0.29, 0.717) is 18.7 Å². The number of nitrogens with one attached hydrogen (secondary N) is 1. The predicted molar refractivity (Wildman–Crippen MR) is 74.6 cm³/mol. The Morgan fingerprint density at radius 2 is 2.20 bits per heavy atom. The highest BCUT2D eigenvalue weighted by Crippen LogP contribution is 2.30. The van der Waals surface area contributed by atoms with E-state index in [1.165, 1.54) is 12.1 Å². The van der Waals surface area contributed by atoms with Crippen LogP contribution >= 0.6 is 0 Å². The molecule has 3 nitrogen and oxygen atoms in total. The minimum absolute atomic E-state index is 0.125. The van der Waals surface area contributed by atoms with Gasteiger partial charge in [0.1, 0.15) is 11.6 Å². The smallest absolute Gasteiger partial charge is 0.131 e. The summed E-state index contributed by atoms with van der Waals surface area (Å²) in [6, 6.07) is 3.58. The average Bonchev–Trinajstić information content (AvgIpc) is 2.41. The molecule has 2 unspecified atom stereocenters. The van der Waals surface area contributed by atoms with Crippen LogP contribution in [-0.4, -0.2) is 44.3 Å². The quantitative estimate of drug-likeness (QED) is 0.840. The Balaban J connectivity index is 2.18. The van der Waals surface area contributed by atoms with Crippen molar-refractivity contribution in [1.29, 1.82) is 0 Å². The number of hydrogen-bond acceptors (Lipinski definition) is 3. The molecule has 1 aliphatic heterocycles. The second-order valence-corrected chi connectivity index (χ2v) is 5.20. The van der Waals surface area contributed by atoms with Crippen molar-refractivity contribution >= 4 is 0 Å². The molecule has 1 aliphatic rings. The summed E-state index contributed by atoms with van der Waals surface area (Å²) in [5.74, 6) is -1.06. The minimum Gasteiger partial charge on any atom is -0.374 e. The first kappa shape index (κ1) is 15.4. The summed E-state index contributed by atoms with van der Waals surface area (Å²) in [5, 5.41) is 3.31. The van der Waals surface area contributed by atoms with Crippen LogP contribution in [0.1, 0.15) is 24.9 Å². The summed E-state index contributed by atoms with van der Waals surface area (Å²) in [6.45, 7) is 5.04. The largest absolute Gasteiger partial charge is 0.374 e. The van der Waals surface area contributed by atoms with Gasteiger partial charge in [-0.3, -0.25) is 4.90 Å². The Kier molecular flexibility index (Phi) is 5.46. The highest BCUT2D eigenvalue weighted by atomic mass is 19.1. The van der Waals surface area contributed by atoms with Gasteiger partial charge in [0.2, 0.25) is 0 Å². The maximum absolute atomic E-state index is 14.0. The van der Waals surface area contributed by atoms with Crippen molar-refractivity contribution in [2.45, 2.75) is 25.5 Å². The van der Waals surface area contributed by atoms with Crippen LogP contribution in [-0.2, 0) is 4.74 Å². The van der Waals surface area contributed by atoms with Crippen LogP contribution in [0.15, 0.2) is 18.2 Å². The first-order valence-electron chi connectivity index (χ1n) is 7.11. The second kappa shape index (κ2) is 7.11. The molecule has 0 aromatic heterocycles. The molecule has 5 heteroatoms. The number of benzene rings is 1. The van der Waals surface area contributed by atoms with Gasteiger partial charge in [-0.15, -0.1) is 0 Å². The number of ether oxygens (including phenoxy) is 1. The third-order valence-corrected chi connectivity index (χ3v) is 3.66. The van der Waals surface area contributed by atoms with E-state index in [2.05, 4.69) is 17.1 Å². The molecule has 2 rings (SSSR count). The Morgan fingerprint density at radius 3 is 2.90 bits per heavy atom. The van der Waals surface area contributed by atoms with Crippen LogP contribution in [0, 0.1) is 11.6 Å². The van der Waals surface area contributed by atoms with E-state index in [9.17, 15) is 8.78 Å². The molecule has 0 saturated carbocycles. The van der Waals surface area contributed by atoms with Gasteiger partial charge in [0.05, 0.1) is 18.8 Å². The lowest BCUT2D eigenvalue weighted by Crippen LogP contribution is -2.47. The third kappa shape index (κ3) is 3.53. The van der Waals surface area contributed by atoms with Gasteiger partial charge in [-0.1, -0.05) is 13.0 Å². The molecule has 2 atom stereocenters. The van der Waals surface area contributed by atoms with Crippen molar-refractivity contribution in [3.63, 3.8) is 0 Å². The maximum Gasteiger partial charge on any atom is 0.131 e. The van der Waals surface area contributed by atoms with Crippen molar-refractivity contribution in [3.8, 4) is 0 Å². The van der Waals surface area contributed by atoms with Gasteiger partial charge in [-0.25, -0.2) is 8.78 Å². The van der Waals surface area contributed by atoms with Gasteiger partial charge >= 0.3 is 0 Å². The molecular weight excluding hydrogens is 262 g/mol. The number of hydrogen-bond donors (Lipinski definition) is 1. The van der Waals surface area contributed by atoms with Gasteiger partial charge in [-0.2, -0.15) is 0 Å². The highest BCUT2D eigenvalue weighted by molar-refractivity contribution is 5.24. The van der Waals surface area contributed by atoms with Gasteiger partial charge in [0.25, 0.3) is 0 Å². The van der Waals surface area contributed by atoms with Crippen molar-refractivity contribution < 1.29 is 13.5 Å². The second-order valence-electron chi connectivity index (χ2n) is 5.20. The molecule has 1 heterocycles. The zero-order valence-electron chi connectivity index (χ0n) is 12.0. The van der Waals surface area contributed by atoms with E-state index in [1.54, 1.807) is 0 Å². The lowest BCUT2D eigenvalue weighted by atomic mass is 9.97. The molecule has 1 N–H and O–H groups in total. The van der Waals surface area contributed by atoms with Gasteiger partial charge in [0.15, 0.2) is 0 Å². The lowest BCUT2D eigenvalue weighted by Gasteiger charge is -2.39. The summed E-state index contributed by atoms with van der Waals surface area (Å²) in [5.41, 5.74) is 0.497. The molecule has 0 radical (unpaired) electrons. The van der Waals surface area contributed by atoms with Crippen LogP contribution in [0.4, 0.5) is 8.78 Å². The monoisotopic (exact) mass is 284 g/mol. The van der Waals surface area contributed by atoms with Crippen LogP contribution < -0.4 is 5.32 Å². The maximum atomic E-state index is 14.0. The third-order valence-electron chi connectivity index (χ3n) is 3.66. The first-order chi connectivity index (χ1) is 9.63. The standard InChI is InChI=1S/C15H22F2N2O/c1-3-6-18-10-14-15(19(2)7-8-20-14)12-5-4-11(16)9-13(12)17/h4-5,9,14-15,18H,3,6-8,10H2,1-2H3. The zero-order valence-corrected chi connectivity index (χ0v) is 12.0. The van der Waals surface area contributed by atoms with Crippen molar-refractivity contribution in [2.24, 2.45) is 0 Å². The zero-order chi connectivity index (χ0) is 14.5. The van der Waals surface area contributed by atoms with E-state index in [0.717, 1.165) is 25.6 Å². The van der Waals surface area contributed by atoms with Crippen LogP contribution in [0.25, 0.3) is 0 Å². The molecule has 0 amide bonds. The molecule has 1 aromatic rings. The molecule has 0 bridgehead atoms. The summed E-state index contributed by atoms with van der Waals surface area (Å²) in [7, 11) is 1.95. The topological polar surface area (TPSA) is 24.5 Å². The Morgan fingerprint density at radius 1 is 1.40 bits per heavy atom. The Hall–Kier alpha value is -1.04. The first-order valence-corrected chi connectivity index (χ1v) is 7.11. The average molecular weight is 284 g/mol. The number of rotatable bonds is 5. The van der Waals surface area contributed by atoms with Crippen molar-refractivity contribution in [2.75, 3.05) is 33.3 Å². The van der Waals surface area contributed by atoms with E-state index in [4.69, 9.17) is 4.74 Å². The number of morpholine rings is 1. The van der Waals surface area contributed by atoms with Crippen molar-refractivity contribution in [3.05, 3.63) is 35.4 Å². The minimum atomic E-state index is -0.550. The van der Waals surface area contributed by atoms with E-state index in [-0.39, 0.29) is 12.1 Å². The number of nitrogens with zero attached hydrogens (tertiary/aromatic N) is 1. The summed E-state index contributed by atoms with van der Waals surface area (Å²) in [4.78, 5) is 2.07. The number of halogens is 2. The molecule has 0 aliphatic carbocycles. The van der Waals surface area contributed by atoms with Crippen LogP contribution in [0.2, 0.25) is 0 Å². The van der Waals surface area contributed by atoms with E-state index >= 15 is 0 Å². The van der Waals surface area contributed by atoms with Gasteiger partial charge < -0.3 is 10.1 Å². The molecule has 1 fully saturated rings. The van der Waals surface area contributed by atoms with E-state index < -0.39 is 11.6 Å². The predicted octanol–water partition coefficient (Wildman–Crippen LogP) is 2.34. The highest BCUT2D eigenvalue weighted by Gasteiger charge is 2.33. The van der Waals surface area contributed by atoms with E-state index in [1.807, 2.05) is 7.05 Å². The van der Waals surface area contributed by atoms with Crippen LogP contribution in [0.3, 0.4) is 0 Å². The van der Waals surface area contributed by atoms with Gasteiger partial charge in [-0.05, 0) is 26.1 Å². The summed E-state index contributed by atoms with van der Waals surface area (Å²) < 4.78 is 32.9. The Labute approximate surface area is 118 Å². The fraction of sp³-hybridized carbons (Fsp3) is 0.600. The fourth-order valence-electron chi connectivity index (χ4n) is 2.63. The number of likely N-dealkylation sites (N-methyl/N-ethyl adjacent to an activating group) is 1. The molecule has 1 saturated heterocycles. The van der Waals surface area contributed by atoms with Crippen molar-refractivity contribution in [1.82, 2.24) is 10.2 Å². The fourth-order valence-corrected chi connectivity index (χ4v) is 2.63. The summed E-state index contributed by atoms with van der Waals surface area (Å²) in [6.07, 6.45) is 0.915. The SMILES string of the molecule is CCCNCC1OCCN(C)C1c1ccc(F)cc1F.